The second kappa shape index (κ2) is 5.74. The first-order valence-electron chi connectivity index (χ1n) is 5.38. The fourth-order valence-electron chi connectivity index (χ4n) is 1.58. The number of benzene rings is 1. The summed E-state index contributed by atoms with van der Waals surface area (Å²) in [7, 11) is 0. The van der Waals surface area contributed by atoms with Gasteiger partial charge in [-0.3, -0.25) is 4.79 Å². The van der Waals surface area contributed by atoms with Crippen molar-refractivity contribution < 1.29 is 4.79 Å². The van der Waals surface area contributed by atoms with E-state index in [1.54, 1.807) is 23.5 Å². The number of thiophene rings is 1. The van der Waals surface area contributed by atoms with Crippen molar-refractivity contribution in [2.45, 2.75) is 12.8 Å². The van der Waals surface area contributed by atoms with Crippen molar-refractivity contribution in [1.82, 2.24) is 0 Å². The van der Waals surface area contributed by atoms with Crippen LogP contribution in [0.2, 0.25) is 10.0 Å². The van der Waals surface area contributed by atoms with E-state index < -0.39 is 0 Å². The highest BCUT2D eigenvalue weighted by molar-refractivity contribution is 7.09. The Morgan fingerprint density at radius 3 is 2.50 bits per heavy atom. The summed E-state index contributed by atoms with van der Waals surface area (Å²) in [6.45, 7) is 0. The first kappa shape index (κ1) is 13.4. The second-order valence-corrected chi connectivity index (χ2v) is 5.70. The van der Waals surface area contributed by atoms with Gasteiger partial charge in [0.2, 0.25) is 0 Å². The van der Waals surface area contributed by atoms with Gasteiger partial charge >= 0.3 is 0 Å². The fourth-order valence-corrected chi connectivity index (χ4v) is 2.78. The molecule has 0 saturated carbocycles. The molecule has 0 amide bonds. The molecule has 2 aromatic rings. The summed E-state index contributed by atoms with van der Waals surface area (Å²) in [6, 6.07) is 7.13. The van der Waals surface area contributed by atoms with Crippen LogP contribution in [0, 0.1) is 0 Å². The second-order valence-electron chi connectivity index (χ2n) is 3.86. The van der Waals surface area contributed by atoms with Crippen LogP contribution in [0.25, 0.3) is 0 Å². The van der Waals surface area contributed by atoms with Crippen LogP contribution in [0.15, 0.2) is 29.6 Å². The number of carbonyl (C=O) groups is 1. The Morgan fingerprint density at radius 2 is 1.94 bits per heavy atom. The molecule has 0 unspecified atom stereocenters. The van der Waals surface area contributed by atoms with Gasteiger partial charge in [-0.1, -0.05) is 29.3 Å². The first-order chi connectivity index (χ1) is 8.58. The molecule has 0 spiro atoms. The molecule has 0 fully saturated rings. The Labute approximate surface area is 119 Å². The molecule has 0 aliphatic carbocycles. The summed E-state index contributed by atoms with van der Waals surface area (Å²) in [5.74, 6) is 0.0206. The number of nitrogen functional groups attached to an aromatic ring is 1. The molecule has 94 valence electrons. The molecule has 1 aromatic heterocycles. The van der Waals surface area contributed by atoms with Crippen LogP contribution in [0.3, 0.4) is 0 Å². The summed E-state index contributed by atoms with van der Waals surface area (Å²) in [6.07, 6.45) is 1.17. The predicted octanol–water partition coefficient (Wildman–Crippen LogP) is 4.45. The van der Waals surface area contributed by atoms with Gasteiger partial charge in [-0.15, -0.1) is 11.3 Å². The summed E-state index contributed by atoms with van der Waals surface area (Å²) in [5.41, 5.74) is 6.45. The zero-order valence-electron chi connectivity index (χ0n) is 9.45. The number of aryl methyl sites for hydroxylation is 1. The lowest BCUT2D eigenvalue weighted by Gasteiger charge is -2.05. The minimum atomic E-state index is 0.0206. The predicted molar refractivity (Wildman–Crippen MR) is 77.8 cm³/mol. The Balaban J connectivity index is 2.09. The standard InChI is InChI=1S/C13H11Cl2NOS/c14-10-6-8(7-11(15)13(10)16)12(17)4-3-9-2-1-5-18-9/h1-2,5-7H,3-4,16H2. The maximum absolute atomic E-state index is 12.0. The molecule has 2 rings (SSSR count). The summed E-state index contributed by atoms with van der Waals surface area (Å²) < 4.78 is 0. The van der Waals surface area contributed by atoms with Gasteiger partial charge in [-0.05, 0) is 30.0 Å². The van der Waals surface area contributed by atoms with Crippen molar-refractivity contribution in [1.29, 1.82) is 0 Å². The van der Waals surface area contributed by atoms with Crippen molar-refractivity contribution in [3.8, 4) is 0 Å². The lowest BCUT2D eigenvalue weighted by atomic mass is 10.1. The van der Waals surface area contributed by atoms with E-state index in [1.165, 1.54) is 4.88 Å². The summed E-state index contributed by atoms with van der Waals surface area (Å²) >= 11 is 13.5. The van der Waals surface area contributed by atoms with E-state index in [-0.39, 0.29) is 5.78 Å². The van der Waals surface area contributed by atoms with E-state index in [0.717, 1.165) is 6.42 Å². The van der Waals surface area contributed by atoms with Crippen molar-refractivity contribution in [2.75, 3.05) is 5.73 Å². The van der Waals surface area contributed by atoms with Gasteiger partial charge in [-0.2, -0.15) is 0 Å². The van der Waals surface area contributed by atoms with Gasteiger partial charge in [-0.25, -0.2) is 0 Å². The smallest absolute Gasteiger partial charge is 0.163 e. The van der Waals surface area contributed by atoms with Crippen LogP contribution < -0.4 is 5.73 Å². The van der Waals surface area contributed by atoms with Crippen LogP contribution in [0.5, 0.6) is 0 Å². The zero-order chi connectivity index (χ0) is 13.1. The molecule has 2 N–H and O–H groups in total. The van der Waals surface area contributed by atoms with Crippen molar-refractivity contribution >= 4 is 46.0 Å². The number of hydrogen-bond donors (Lipinski definition) is 1. The molecule has 0 bridgehead atoms. The number of nitrogens with two attached hydrogens (primary N) is 1. The van der Waals surface area contributed by atoms with Crippen LogP contribution in [0.4, 0.5) is 5.69 Å². The molecule has 18 heavy (non-hydrogen) atoms. The third-order valence-corrected chi connectivity index (χ3v) is 4.14. The molecular weight excluding hydrogens is 289 g/mol. The normalized spacial score (nSPS) is 10.6. The average Bonchev–Trinajstić information content (AvgIpc) is 2.85. The van der Waals surface area contributed by atoms with Crippen molar-refractivity contribution in [3.63, 3.8) is 0 Å². The maximum Gasteiger partial charge on any atom is 0.163 e. The largest absolute Gasteiger partial charge is 0.396 e. The van der Waals surface area contributed by atoms with E-state index in [2.05, 4.69) is 0 Å². The number of carbonyl (C=O) groups excluding carboxylic acids is 1. The average molecular weight is 300 g/mol. The molecule has 1 heterocycles. The highest BCUT2D eigenvalue weighted by atomic mass is 35.5. The van der Waals surface area contributed by atoms with Crippen molar-refractivity contribution in [2.24, 2.45) is 0 Å². The van der Waals surface area contributed by atoms with Crippen LogP contribution >= 0.6 is 34.5 Å². The third-order valence-electron chi connectivity index (χ3n) is 2.58. The van der Waals surface area contributed by atoms with Gasteiger partial charge in [0.05, 0.1) is 15.7 Å². The summed E-state index contributed by atoms with van der Waals surface area (Å²) in [4.78, 5) is 13.2. The molecule has 5 heteroatoms. The highest BCUT2D eigenvalue weighted by Crippen LogP contribution is 2.29. The van der Waals surface area contributed by atoms with Gasteiger partial charge in [0.15, 0.2) is 5.78 Å². The minimum absolute atomic E-state index is 0.0206. The quantitative estimate of drug-likeness (QED) is 0.669. The van der Waals surface area contributed by atoms with Crippen molar-refractivity contribution in [3.05, 3.63) is 50.1 Å². The molecule has 2 nitrogen and oxygen atoms in total. The fraction of sp³-hybridized carbons (Fsp3) is 0.154. The molecule has 0 aliphatic rings. The van der Waals surface area contributed by atoms with E-state index in [4.69, 9.17) is 28.9 Å². The highest BCUT2D eigenvalue weighted by Gasteiger charge is 2.11. The topological polar surface area (TPSA) is 43.1 Å². The minimum Gasteiger partial charge on any atom is -0.396 e. The van der Waals surface area contributed by atoms with Gasteiger partial charge in [0, 0.05) is 16.9 Å². The van der Waals surface area contributed by atoms with E-state index in [1.807, 2.05) is 17.5 Å². The Bertz CT molecular complexity index is 543. The third kappa shape index (κ3) is 3.05. The molecule has 1 aromatic carbocycles. The molecule has 0 saturated heterocycles. The maximum atomic E-state index is 12.0. The monoisotopic (exact) mass is 299 g/mol. The first-order valence-corrected chi connectivity index (χ1v) is 7.01. The Kier molecular flexibility index (Phi) is 4.27. The zero-order valence-corrected chi connectivity index (χ0v) is 11.8. The summed E-state index contributed by atoms with van der Waals surface area (Å²) in [5, 5.41) is 2.64. The van der Waals surface area contributed by atoms with Gasteiger partial charge < -0.3 is 5.73 Å². The number of ketones is 1. The number of anilines is 1. The van der Waals surface area contributed by atoms with Crippen LogP contribution in [0.1, 0.15) is 21.7 Å². The van der Waals surface area contributed by atoms with E-state index >= 15 is 0 Å². The van der Waals surface area contributed by atoms with Gasteiger partial charge in [0.1, 0.15) is 0 Å². The number of hydrogen-bond acceptors (Lipinski definition) is 3. The lowest BCUT2D eigenvalue weighted by molar-refractivity contribution is 0.0983. The molecule has 0 radical (unpaired) electrons. The number of halogens is 2. The SMILES string of the molecule is Nc1c(Cl)cc(C(=O)CCc2cccs2)cc1Cl. The van der Waals surface area contributed by atoms with Crippen LogP contribution in [-0.4, -0.2) is 5.78 Å². The van der Waals surface area contributed by atoms with E-state index in [9.17, 15) is 4.79 Å². The molecule has 0 aliphatic heterocycles. The Morgan fingerprint density at radius 1 is 1.28 bits per heavy atom. The molecular formula is C13H11Cl2NOS. The van der Waals surface area contributed by atoms with E-state index in [0.29, 0.717) is 27.7 Å². The van der Waals surface area contributed by atoms with Crippen LogP contribution in [-0.2, 0) is 6.42 Å². The number of rotatable bonds is 4. The molecule has 0 atom stereocenters. The van der Waals surface area contributed by atoms with Gasteiger partial charge in [0.25, 0.3) is 0 Å². The lowest BCUT2D eigenvalue weighted by Crippen LogP contribution is -2.02. The number of Topliss-reactive ketones (excluding diaryl/α,β-unsaturated/α-hetero) is 1. The Hall–Kier alpha value is -1.03.